The molecule has 2 rings (SSSR count). The first-order chi connectivity index (χ1) is 10.6. The highest BCUT2D eigenvalue weighted by atomic mass is 16.5. The summed E-state index contributed by atoms with van der Waals surface area (Å²) in [7, 11) is 0. The number of ether oxygens (including phenoxy) is 1. The Kier molecular flexibility index (Phi) is 5.49. The lowest BCUT2D eigenvalue weighted by molar-refractivity contribution is -0.127. The minimum Gasteiger partial charge on any atom is -0.481 e. The number of benzene rings is 1. The quantitative estimate of drug-likeness (QED) is 0.858. The maximum Gasteiger partial charge on any atom is 0.261 e. The number of pyridine rings is 1. The molecule has 0 aliphatic rings. The number of hydrogen-bond donors (Lipinski definition) is 2. The van der Waals surface area contributed by atoms with Crippen molar-refractivity contribution in [2.75, 3.05) is 0 Å². The van der Waals surface area contributed by atoms with Gasteiger partial charge in [0.1, 0.15) is 5.75 Å². The van der Waals surface area contributed by atoms with Crippen LogP contribution in [0.25, 0.3) is 0 Å². The molecule has 0 aliphatic heterocycles. The molecule has 0 fully saturated rings. The van der Waals surface area contributed by atoms with E-state index in [9.17, 15) is 4.79 Å². The second-order valence-electron chi connectivity index (χ2n) is 5.08. The van der Waals surface area contributed by atoms with Crippen LogP contribution in [0.2, 0.25) is 0 Å². The molecule has 2 N–H and O–H groups in total. The van der Waals surface area contributed by atoms with Gasteiger partial charge in [-0.15, -0.1) is 0 Å². The molecule has 22 heavy (non-hydrogen) atoms. The Balaban J connectivity index is 1.94. The molecule has 0 saturated heterocycles. The van der Waals surface area contributed by atoms with Crippen LogP contribution < -0.4 is 10.1 Å². The second kappa shape index (κ2) is 7.56. The van der Waals surface area contributed by atoms with Gasteiger partial charge in [0, 0.05) is 12.4 Å². The van der Waals surface area contributed by atoms with Crippen LogP contribution in [0.1, 0.15) is 31.0 Å². The molecule has 1 amide bonds. The number of nitrogens with one attached hydrogen (secondary N) is 1. The third-order valence-electron chi connectivity index (χ3n) is 3.33. The molecule has 0 bridgehead atoms. The van der Waals surface area contributed by atoms with Gasteiger partial charge >= 0.3 is 0 Å². The highest BCUT2D eigenvalue weighted by Crippen LogP contribution is 2.16. The molecule has 1 aromatic carbocycles. The average molecular weight is 300 g/mol. The summed E-state index contributed by atoms with van der Waals surface area (Å²) in [5.41, 5.74) is 1.73. The standard InChI is InChI=1S/C17H20N2O3/c1-12(15-6-8-18-9-7-15)19-17(21)13(2)22-16-5-3-4-14(10-16)11-20/h3-10,12-13,20H,11H2,1-2H3,(H,19,21). The molecule has 5 heteroatoms. The molecule has 2 aromatic rings. The van der Waals surface area contributed by atoms with Gasteiger partial charge in [-0.2, -0.15) is 0 Å². The van der Waals surface area contributed by atoms with Gasteiger partial charge in [-0.05, 0) is 49.2 Å². The van der Waals surface area contributed by atoms with Crippen LogP contribution in [-0.2, 0) is 11.4 Å². The van der Waals surface area contributed by atoms with Gasteiger partial charge < -0.3 is 15.2 Å². The molecule has 2 unspecified atom stereocenters. The number of nitrogens with zero attached hydrogens (tertiary/aromatic N) is 1. The van der Waals surface area contributed by atoms with Crippen LogP contribution in [0, 0.1) is 0 Å². The van der Waals surface area contributed by atoms with Crippen LogP contribution in [0.5, 0.6) is 5.75 Å². The molecular formula is C17H20N2O3. The van der Waals surface area contributed by atoms with E-state index in [1.807, 2.05) is 19.1 Å². The summed E-state index contributed by atoms with van der Waals surface area (Å²) in [6.07, 6.45) is 2.76. The van der Waals surface area contributed by atoms with Crippen LogP contribution in [-0.4, -0.2) is 22.1 Å². The number of aliphatic hydroxyl groups is 1. The molecule has 0 aliphatic carbocycles. The van der Waals surface area contributed by atoms with Gasteiger partial charge in [0.05, 0.1) is 12.6 Å². The third kappa shape index (κ3) is 4.30. The van der Waals surface area contributed by atoms with Crippen molar-refractivity contribution in [2.45, 2.75) is 32.6 Å². The van der Waals surface area contributed by atoms with E-state index in [0.717, 1.165) is 11.1 Å². The molecule has 0 radical (unpaired) electrons. The Morgan fingerprint density at radius 1 is 1.27 bits per heavy atom. The third-order valence-corrected chi connectivity index (χ3v) is 3.33. The van der Waals surface area contributed by atoms with Crippen LogP contribution in [0.15, 0.2) is 48.8 Å². The molecule has 1 aromatic heterocycles. The zero-order chi connectivity index (χ0) is 15.9. The average Bonchev–Trinajstić information content (AvgIpc) is 2.55. The normalized spacial score (nSPS) is 13.2. The van der Waals surface area contributed by atoms with Crippen molar-refractivity contribution in [2.24, 2.45) is 0 Å². The number of rotatable bonds is 6. The summed E-state index contributed by atoms with van der Waals surface area (Å²) >= 11 is 0. The maximum absolute atomic E-state index is 12.2. The van der Waals surface area contributed by atoms with E-state index >= 15 is 0 Å². The van der Waals surface area contributed by atoms with Crippen molar-refractivity contribution < 1.29 is 14.6 Å². The Morgan fingerprint density at radius 2 is 2.00 bits per heavy atom. The largest absolute Gasteiger partial charge is 0.481 e. The van der Waals surface area contributed by atoms with Crippen molar-refractivity contribution in [3.8, 4) is 5.75 Å². The smallest absolute Gasteiger partial charge is 0.261 e. The van der Waals surface area contributed by atoms with Crippen molar-refractivity contribution in [3.05, 3.63) is 59.9 Å². The summed E-state index contributed by atoms with van der Waals surface area (Å²) < 4.78 is 5.62. The fraction of sp³-hybridized carbons (Fsp3) is 0.294. The number of aromatic nitrogens is 1. The molecule has 0 spiro atoms. The summed E-state index contributed by atoms with van der Waals surface area (Å²) in [5, 5.41) is 12.0. The number of hydrogen-bond acceptors (Lipinski definition) is 4. The fourth-order valence-electron chi connectivity index (χ4n) is 2.04. The van der Waals surface area contributed by atoms with Crippen molar-refractivity contribution in [3.63, 3.8) is 0 Å². The Bertz CT molecular complexity index is 616. The number of aliphatic hydroxyl groups excluding tert-OH is 1. The van der Waals surface area contributed by atoms with Crippen LogP contribution in [0.3, 0.4) is 0 Å². The summed E-state index contributed by atoms with van der Waals surface area (Å²) in [6, 6.07) is 10.7. The lowest BCUT2D eigenvalue weighted by atomic mass is 10.1. The first kappa shape index (κ1) is 16.0. The van der Waals surface area contributed by atoms with Crippen LogP contribution in [0.4, 0.5) is 0 Å². The summed E-state index contributed by atoms with van der Waals surface area (Å²) in [6.45, 7) is 3.55. The monoisotopic (exact) mass is 300 g/mol. The second-order valence-corrected chi connectivity index (χ2v) is 5.08. The highest BCUT2D eigenvalue weighted by molar-refractivity contribution is 5.81. The fourth-order valence-corrected chi connectivity index (χ4v) is 2.04. The minimum absolute atomic E-state index is 0.0587. The van der Waals surface area contributed by atoms with Gasteiger partial charge in [-0.25, -0.2) is 0 Å². The first-order valence-electron chi connectivity index (χ1n) is 7.17. The van der Waals surface area contributed by atoms with Gasteiger partial charge in [-0.1, -0.05) is 12.1 Å². The summed E-state index contributed by atoms with van der Waals surface area (Å²) in [4.78, 5) is 16.1. The first-order valence-corrected chi connectivity index (χ1v) is 7.17. The Morgan fingerprint density at radius 3 is 2.68 bits per heavy atom. The lowest BCUT2D eigenvalue weighted by Crippen LogP contribution is -2.37. The number of amides is 1. The molecule has 5 nitrogen and oxygen atoms in total. The van der Waals surface area contributed by atoms with Gasteiger partial charge in [0.2, 0.25) is 0 Å². The zero-order valence-corrected chi connectivity index (χ0v) is 12.7. The molecule has 1 heterocycles. The van der Waals surface area contributed by atoms with Crippen LogP contribution >= 0.6 is 0 Å². The van der Waals surface area contributed by atoms with Gasteiger partial charge in [-0.3, -0.25) is 9.78 Å². The number of carbonyl (C=O) groups is 1. The Hall–Kier alpha value is -2.40. The van der Waals surface area contributed by atoms with E-state index in [-0.39, 0.29) is 18.6 Å². The molecule has 116 valence electrons. The Labute approximate surface area is 130 Å². The maximum atomic E-state index is 12.2. The van der Waals surface area contributed by atoms with Crippen molar-refractivity contribution in [1.29, 1.82) is 0 Å². The van der Waals surface area contributed by atoms with Crippen molar-refractivity contribution in [1.82, 2.24) is 10.3 Å². The van der Waals surface area contributed by atoms with E-state index in [1.54, 1.807) is 43.6 Å². The lowest BCUT2D eigenvalue weighted by Gasteiger charge is -2.19. The minimum atomic E-state index is -0.627. The SMILES string of the molecule is CC(Oc1cccc(CO)c1)C(=O)NC(C)c1ccncc1. The van der Waals surface area contributed by atoms with E-state index < -0.39 is 6.10 Å². The highest BCUT2D eigenvalue weighted by Gasteiger charge is 2.17. The van der Waals surface area contributed by atoms with E-state index in [4.69, 9.17) is 9.84 Å². The van der Waals surface area contributed by atoms with Gasteiger partial charge in [0.15, 0.2) is 6.10 Å². The topological polar surface area (TPSA) is 71.5 Å². The predicted octanol–water partition coefficient (Wildman–Crippen LogP) is 2.22. The molecule has 0 saturated carbocycles. The molecule has 2 atom stereocenters. The van der Waals surface area contributed by atoms with Crippen molar-refractivity contribution >= 4 is 5.91 Å². The van der Waals surface area contributed by atoms with E-state index in [0.29, 0.717) is 5.75 Å². The molecular weight excluding hydrogens is 280 g/mol. The van der Waals surface area contributed by atoms with E-state index in [2.05, 4.69) is 10.3 Å². The zero-order valence-electron chi connectivity index (χ0n) is 12.7. The van der Waals surface area contributed by atoms with E-state index in [1.165, 1.54) is 0 Å². The predicted molar refractivity (Wildman–Crippen MR) is 83.2 cm³/mol. The van der Waals surface area contributed by atoms with Gasteiger partial charge in [0.25, 0.3) is 5.91 Å². The summed E-state index contributed by atoms with van der Waals surface area (Å²) in [5.74, 6) is 0.365. The number of carbonyl (C=O) groups excluding carboxylic acids is 1.